The molecule has 0 fully saturated rings. The van der Waals surface area contributed by atoms with Crippen molar-refractivity contribution in [3.8, 4) is 0 Å². The number of nitrogens with two attached hydrogens (primary N) is 1. The van der Waals surface area contributed by atoms with Gasteiger partial charge in [-0.3, -0.25) is 0 Å². The molecule has 1 atom stereocenters. The van der Waals surface area contributed by atoms with Crippen molar-refractivity contribution in [2.45, 2.75) is 25.1 Å². The van der Waals surface area contributed by atoms with E-state index >= 15 is 0 Å². The van der Waals surface area contributed by atoms with Gasteiger partial charge in [-0.2, -0.15) is 13.2 Å². The second-order valence-electron chi connectivity index (χ2n) is 4.13. The maximum absolute atomic E-state index is 12.7. The highest BCUT2D eigenvalue weighted by Crippen LogP contribution is 2.32. The highest BCUT2D eigenvalue weighted by molar-refractivity contribution is 5.73. The molecule has 1 aromatic rings. The molecule has 1 unspecified atom stereocenters. The number of ether oxygens (including phenoxy) is 1. The Hall–Kier alpha value is -1.72. The molecule has 0 aromatic heterocycles. The molecule has 0 saturated carbocycles. The first kappa shape index (κ1) is 12.7. The van der Waals surface area contributed by atoms with E-state index in [9.17, 15) is 13.2 Å². The van der Waals surface area contributed by atoms with E-state index in [0.29, 0.717) is 19.4 Å². The third-order valence-corrected chi connectivity index (χ3v) is 2.80. The quantitative estimate of drug-likeness (QED) is 0.904. The van der Waals surface area contributed by atoms with Crippen LogP contribution in [0, 0.1) is 0 Å². The second-order valence-corrected chi connectivity index (χ2v) is 4.13. The number of nitrogens with zero attached hydrogens (tertiary/aromatic N) is 1. The van der Waals surface area contributed by atoms with Crippen LogP contribution in [-0.2, 0) is 17.3 Å². The summed E-state index contributed by atoms with van der Waals surface area (Å²) in [6, 6.07) is 5.55. The van der Waals surface area contributed by atoms with Crippen LogP contribution in [0.25, 0.3) is 0 Å². The van der Waals surface area contributed by atoms with E-state index < -0.39 is 11.7 Å². The van der Waals surface area contributed by atoms with Crippen LogP contribution in [-0.4, -0.2) is 18.7 Å². The lowest BCUT2D eigenvalue weighted by Crippen LogP contribution is -2.12. The Balaban J connectivity index is 2.06. The molecule has 0 amide bonds. The third-order valence-electron chi connectivity index (χ3n) is 2.80. The van der Waals surface area contributed by atoms with Gasteiger partial charge in [-0.25, -0.2) is 4.99 Å². The molecule has 1 aliphatic rings. The first-order valence-electron chi connectivity index (χ1n) is 5.58. The fourth-order valence-electron chi connectivity index (χ4n) is 1.92. The molecular weight excluding hydrogens is 245 g/mol. The summed E-state index contributed by atoms with van der Waals surface area (Å²) in [4.78, 5) is 3.99. The summed E-state index contributed by atoms with van der Waals surface area (Å²) in [6.07, 6.45) is -3.51. The lowest BCUT2D eigenvalue weighted by molar-refractivity contribution is -0.138. The molecule has 2 rings (SSSR count). The molecule has 1 aliphatic heterocycles. The highest BCUT2D eigenvalue weighted by Gasteiger charge is 2.32. The molecular formula is C12H13F3N2O. The highest BCUT2D eigenvalue weighted by atomic mass is 19.4. The number of benzene rings is 1. The van der Waals surface area contributed by atoms with Crippen LogP contribution >= 0.6 is 0 Å². The molecule has 0 bridgehead atoms. The van der Waals surface area contributed by atoms with Crippen molar-refractivity contribution in [3.63, 3.8) is 0 Å². The van der Waals surface area contributed by atoms with Gasteiger partial charge in [0.1, 0.15) is 6.61 Å². The van der Waals surface area contributed by atoms with E-state index in [0.717, 1.165) is 6.07 Å². The van der Waals surface area contributed by atoms with Crippen molar-refractivity contribution >= 4 is 6.02 Å². The van der Waals surface area contributed by atoms with E-state index in [1.54, 1.807) is 6.07 Å². The summed E-state index contributed by atoms with van der Waals surface area (Å²) in [6.45, 7) is 0.347. The Kier molecular flexibility index (Phi) is 3.45. The van der Waals surface area contributed by atoms with Crippen LogP contribution in [0.4, 0.5) is 13.2 Å². The van der Waals surface area contributed by atoms with E-state index in [4.69, 9.17) is 10.5 Å². The summed E-state index contributed by atoms with van der Waals surface area (Å²) in [5, 5.41) is 0. The van der Waals surface area contributed by atoms with Crippen molar-refractivity contribution in [1.29, 1.82) is 0 Å². The van der Waals surface area contributed by atoms with Crippen LogP contribution in [0.3, 0.4) is 0 Å². The molecule has 1 aromatic carbocycles. The smallest absolute Gasteiger partial charge is 0.416 e. The van der Waals surface area contributed by atoms with E-state index in [1.807, 2.05) is 0 Å². The average Bonchev–Trinajstić information content (AvgIpc) is 2.72. The minimum atomic E-state index is -4.31. The number of aliphatic imine (C=N–C) groups is 1. The van der Waals surface area contributed by atoms with Gasteiger partial charge in [-0.15, -0.1) is 0 Å². The number of hydrogen-bond donors (Lipinski definition) is 1. The van der Waals surface area contributed by atoms with Crippen LogP contribution in [0.1, 0.15) is 17.5 Å². The van der Waals surface area contributed by atoms with Gasteiger partial charge >= 0.3 is 6.18 Å². The van der Waals surface area contributed by atoms with Gasteiger partial charge in [0.15, 0.2) is 0 Å². The van der Waals surface area contributed by atoms with Crippen LogP contribution in [0.2, 0.25) is 0 Å². The van der Waals surface area contributed by atoms with Crippen LogP contribution in [0.15, 0.2) is 29.3 Å². The minimum absolute atomic E-state index is 0.115. The maximum atomic E-state index is 12.7. The van der Waals surface area contributed by atoms with Crippen molar-refractivity contribution in [2.75, 3.05) is 6.61 Å². The standard InChI is InChI=1S/C12H13F3N2O/c13-12(14,15)10-4-2-1-3-8(10)5-6-9-7-18-11(16)17-9/h1-4,9H,5-7H2,(H2,16,17). The first-order chi connectivity index (χ1) is 8.47. The summed E-state index contributed by atoms with van der Waals surface area (Å²) >= 11 is 0. The maximum Gasteiger partial charge on any atom is 0.416 e. The second kappa shape index (κ2) is 4.88. The number of rotatable bonds is 3. The van der Waals surface area contributed by atoms with Crippen molar-refractivity contribution < 1.29 is 17.9 Å². The third kappa shape index (κ3) is 2.94. The summed E-state index contributed by atoms with van der Waals surface area (Å²) in [7, 11) is 0. The Morgan fingerprint density at radius 2 is 2.06 bits per heavy atom. The largest absolute Gasteiger partial charge is 0.463 e. The Bertz CT molecular complexity index is 457. The van der Waals surface area contributed by atoms with Crippen molar-refractivity contribution in [3.05, 3.63) is 35.4 Å². The first-order valence-corrected chi connectivity index (χ1v) is 5.58. The van der Waals surface area contributed by atoms with Crippen molar-refractivity contribution in [1.82, 2.24) is 0 Å². The number of aryl methyl sites for hydroxylation is 1. The zero-order chi connectivity index (χ0) is 13.2. The Morgan fingerprint density at radius 1 is 1.33 bits per heavy atom. The predicted molar refractivity (Wildman–Crippen MR) is 61.1 cm³/mol. The van der Waals surface area contributed by atoms with E-state index in [1.165, 1.54) is 12.1 Å². The van der Waals surface area contributed by atoms with Gasteiger partial charge in [-0.05, 0) is 24.5 Å². The lowest BCUT2D eigenvalue weighted by atomic mass is 10.0. The number of halogens is 3. The van der Waals surface area contributed by atoms with Crippen LogP contribution in [0.5, 0.6) is 0 Å². The van der Waals surface area contributed by atoms with Gasteiger partial charge < -0.3 is 10.5 Å². The van der Waals surface area contributed by atoms with Crippen molar-refractivity contribution in [2.24, 2.45) is 10.7 Å². The molecule has 0 saturated heterocycles. The van der Waals surface area contributed by atoms with E-state index in [-0.39, 0.29) is 17.6 Å². The molecule has 0 spiro atoms. The zero-order valence-electron chi connectivity index (χ0n) is 9.57. The molecule has 98 valence electrons. The number of amidine groups is 1. The Labute approximate surface area is 102 Å². The predicted octanol–water partition coefficient (Wildman–Crippen LogP) is 2.35. The monoisotopic (exact) mass is 258 g/mol. The number of alkyl halides is 3. The lowest BCUT2D eigenvalue weighted by Gasteiger charge is -2.13. The number of hydrogen-bond acceptors (Lipinski definition) is 3. The fraction of sp³-hybridized carbons (Fsp3) is 0.417. The molecule has 0 radical (unpaired) electrons. The molecule has 0 aliphatic carbocycles. The molecule has 3 nitrogen and oxygen atoms in total. The summed E-state index contributed by atoms with van der Waals surface area (Å²) < 4.78 is 43.2. The summed E-state index contributed by atoms with van der Waals surface area (Å²) in [5.41, 5.74) is 5.04. The van der Waals surface area contributed by atoms with Gasteiger partial charge in [-0.1, -0.05) is 18.2 Å². The van der Waals surface area contributed by atoms with Gasteiger partial charge in [0.2, 0.25) is 0 Å². The van der Waals surface area contributed by atoms with Gasteiger partial charge in [0.25, 0.3) is 6.02 Å². The molecule has 2 N–H and O–H groups in total. The van der Waals surface area contributed by atoms with Gasteiger partial charge in [0, 0.05) is 0 Å². The topological polar surface area (TPSA) is 47.6 Å². The fourth-order valence-corrected chi connectivity index (χ4v) is 1.92. The zero-order valence-corrected chi connectivity index (χ0v) is 9.57. The minimum Gasteiger partial charge on any atom is -0.463 e. The molecule has 6 heteroatoms. The van der Waals surface area contributed by atoms with E-state index in [2.05, 4.69) is 4.99 Å². The van der Waals surface area contributed by atoms with Gasteiger partial charge in [0.05, 0.1) is 11.6 Å². The molecule has 18 heavy (non-hydrogen) atoms. The Morgan fingerprint density at radius 3 is 2.67 bits per heavy atom. The molecule has 1 heterocycles. The average molecular weight is 258 g/mol. The van der Waals surface area contributed by atoms with Crippen LogP contribution < -0.4 is 5.73 Å². The summed E-state index contributed by atoms with van der Waals surface area (Å²) in [5.74, 6) is 0. The normalized spacial score (nSPS) is 19.5. The SMILES string of the molecule is NC1=NC(CCc2ccccc2C(F)(F)F)CO1.